The summed E-state index contributed by atoms with van der Waals surface area (Å²) in [6, 6.07) is 18.4. The van der Waals surface area contributed by atoms with Gasteiger partial charge in [0.2, 0.25) is 0 Å². The summed E-state index contributed by atoms with van der Waals surface area (Å²) >= 11 is 0. The Morgan fingerprint density at radius 2 is 1.68 bits per heavy atom. The number of benzene rings is 2. The Kier molecular flexibility index (Phi) is 5.71. The fourth-order valence-electron chi connectivity index (χ4n) is 3.42. The number of amides is 2. The molecule has 4 heteroatoms. The Morgan fingerprint density at radius 3 is 2.40 bits per heavy atom. The second-order valence-corrected chi connectivity index (χ2v) is 6.72. The third-order valence-electron chi connectivity index (χ3n) is 5.12. The predicted octanol–water partition coefficient (Wildman–Crippen LogP) is 3.54. The molecule has 1 fully saturated rings. The number of rotatable bonds is 5. The molecule has 2 N–H and O–H groups in total. The van der Waals surface area contributed by atoms with Crippen LogP contribution in [0, 0.1) is 6.92 Å². The first-order valence-corrected chi connectivity index (χ1v) is 8.89. The van der Waals surface area contributed by atoms with Gasteiger partial charge >= 0.3 is 6.03 Å². The largest absolute Gasteiger partial charge is 0.381 e. The minimum Gasteiger partial charge on any atom is -0.381 e. The van der Waals surface area contributed by atoms with Crippen LogP contribution in [-0.4, -0.2) is 25.8 Å². The summed E-state index contributed by atoms with van der Waals surface area (Å²) in [5, 5.41) is 6.04. The molecular formula is C21H26N2O2. The highest BCUT2D eigenvalue weighted by atomic mass is 16.5. The maximum Gasteiger partial charge on any atom is 0.315 e. The van der Waals surface area contributed by atoms with Crippen molar-refractivity contribution in [2.75, 3.05) is 19.8 Å². The van der Waals surface area contributed by atoms with Crippen molar-refractivity contribution in [2.24, 2.45) is 0 Å². The van der Waals surface area contributed by atoms with Crippen LogP contribution in [0.3, 0.4) is 0 Å². The van der Waals surface area contributed by atoms with Crippen LogP contribution in [0.1, 0.15) is 29.5 Å². The molecule has 0 radical (unpaired) electrons. The van der Waals surface area contributed by atoms with Gasteiger partial charge in [-0.2, -0.15) is 0 Å². The number of hydrogen-bond donors (Lipinski definition) is 2. The van der Waals surface area contributed by atoms with Crippen LogP contribution < -0.4 is 10.6 Å². The van der Waals surface area contributed by atoms with Gasteiger partial charge in [-0.25, -0.2) is 4.79 Å². The summed E-state index contributed by atoms with van der Waals surface area (Å²) in [5.41, 5.74) is 3.56. The standard InChI is InChI=1S/C21H26N2O2/c1-17-7-5-6-8-18(17)15-22-20(24)23-16-21(11-13-25-14-12-21)19-9-3-2-4-10-19/h2-10H,11-16H2,1H3,(H2,22,23,24). The summed E-state index contributed by atoms with van der Waals surface area (Å²) in [7, 11) is 0. The summed E-state index contributed by atoms with van der Waals surface area (Å²) in [4.78, 5) is 12.3. The fourth-order valence-corrected chi connectivity index (χ4v) is 3.42. The van der Waals surface area contributed by atoms with Crippen LogP contribution in [0.25, 0.3) is 0 Å². The first-order chi connectivity index (χ1) is 12.2. The van der Waals surface area contributed by atoms with E-state index in [0.717, 1.165) is 31.6 Å². The minimum absolute atomic E-state index is 0.0421. The zero-order valence-corrected chi connectivity index (χ0v) is 14.8. The lowest BCUT2D eigenvalue weighted by molar-refractivity contribution is 0.0507. The van der Waals surface area contributed by atoms with Gasteiger partial charge in [0.05, 0.1) is 0 Å². The molecule has 2 aromatic rings. The number of carbonyl (C=O) groups is 1. The molecule has 1 aliphatic heterocycles. The van der Waals surface area contributed by atoms with Gasteiger partial charge < -0.3 is 15.4 Å². The average molecular weight is 338 g/mol. The van der Waals surface area contributed by atoms with Gasteiger partial charge in [0.25, 0.3) is 0 Å². The topological polar surface area (TPSA) is 50.4 Å². The molecule has 2 amide bonds. The quantitative estimate of drug-likeness (QED) is 0.876. The molecule has 0 atom stereocenters. The normalized spacial score (nSPS) is 16.2. The second kappa shape index (κ2) is 8.17. The van der Waals surface area contributed by atoms with Crippen molar-refractivity contribution < 1.29 is 9.53 Å². The van der Waals surface area contributed by atoms with E-state index in [1.807, 2.05) is 24.3 Å². The number of urea groups is 1. The third-order valence-corrected chi connectivity index (χ3v) is 5.12. The van der Waals surface area contributed by atoms with Crippen molar-refractivity contribution in [2.45, 2.75) is 31.7 Å². The molecule has 1 aliphatic rings. The lowest BCUT2D eigenvalue weighted by atomic mass is 9.74. The van der Waals surface area contributed by atoms with E-state index in [9.17, 15) is 4.79 Å². The Bertz CT molecular complexity index is 694. The molecule has 1 saturated heterocycles. The third kappa shape index (κ3) is 4.40. The number of carbonyl (C=O) groups excluding carboxylic acids is 1. The molecule has 3 rings (SSSR count). The van der Waals surface area contributed by atoms with Crippen LogP contribution >= 0.6 is 0 Å². The van der Waals surface area contributed by atoms with E-state index in [2.05, 4.69) is 47.9 Å². The monoisotopic (exact) mass is 338 g/mol. The minimum atomic E-state index is -0.120. The van der Waals surface area contributed by atoms with Gasteiger partial charge in [0.1, 0.15) is 0 Å². The van der Waals surface area contributed by atoms with E-state index in [4.69, 9.17) is 4.74 Å². The smallest absolute Gasteiger partial charge is 0.315 e. The lowest BCUT2D eigenvalue weighted by Crippen LogP contribution is -2.47. The molecule has 0 aromatic heterocycles. The Labute approximate surface area is 149 Å². The van der Waals surface area contributed by atoms with Crippen molar-refractivity contribution in [3.8, 4) is 0 Å². The molecular weight excluding hydrogens is 312 g/mol. The average Bonchev–Trinajstić information content (AvgIpc) is 2.67. The summed E-state index contributed by atoms with van der Waals surface area (Å²) < 4.78 is 5.54. The molecule has 1 heterocycles. The molecule has 0 unspecified atom stereocenters. The van der Waals surface area contributed by atoms with Gasteiger partial charge in [-0.05, 0) is 36.5 Å². The highest BCUT2D eigenvalue weighted by Gasteiger charge is 2.34. The van der Waals surface area contributed by atoms with Crippen molar-refractivity contribution in [1.29, 1.82) is 0 Å². The van der Waals surface area contributed by atoms with Crippen LogP contribution in [0.2, 0.25) is 0 Å². The van der Waals surface area contributed by atoms with E-state index >= 15 is 0 Å². The van der Waals surface area contributed by atoms with E-state index in [1.165, 1.54) is 11.1 Å². The highest BCUT2D eigenvalue weighted by Crippen LogP contribution is 2.34. The van der Waals surface area contributed by atoms with E-state index < -0.39 is 0 Å². The van der Waals surface area contributed by atoms with Gasteiger partial charge in [-0.1, -0.05) is 54.6 Å². The molecule has 0 saturated carbocycles. The van der Waals surface area contributed by atoms with Crippen LogP contribution in [0.15, 0.2) is 54.6 Å². The molecule has 132 valence electrons. The molecule has 0 spiro atoms. The maximum atomic E-state index is 12.3. The van der Waals surface area contributed by atoms with Crippen molar-refractivity contribution in [3.63, 3.8) is 0 Å². The number of nitrogens with one attached hydrogen (secondary N) is 2. The SMILES string of the molecule is Cc1ccccc1CNC(=O)NCC1(c2ccccc2)CCOCC1. The predicted molar refractivity (Wildman–Crippen MR) is 99.6 cm³/mol. The van der Waals surface area contributed by atoms with Crippen LogP contribution in [0.4, 0.5) is 4.79 Å². The van der Waals surface area contributed by atoms with E-state index in [1.54, 1.807) is 0 Å². The van der Waals surface area contributed by atoms with E-state index in [0.29, 0.717) is 13.1 Å². The summed E-state index contributed by atoms with van der Waals surface area (Å²) in [6.07, 6.45) is 1.85. The number of hydrogen-bond acceptors (Lipinski definition) is 2. The fraction of sp³-hybridized carbons (Fsp3) is 0.381. The van der Waals surface area contributed by atoms with Crippen molar-refractivity contribution in [3.05, 3.63) is 71.3 Å². The molecule has 4 nitrogen and oxygen atoms in total. The summed E-state index contributed by atoms with van der Waals surface area (Å²) in [6.45, 7) is 4.70. The van der Waals surface area contributed by atoms with Gasteiger partial charge in [-0.15, -0.1) is 0 Å². The zero-order chi connectivity index (χ0) is 17.5. The number of aryl methyl sites for hydroxylation is 1. The zero-order valence-electron chi connectivity index (χ0n) is 14.8. The Balaban J connectivity index is 1.59. The van der Waals surface area contributed by atoms with Crippen LogP contribution in [-0.2, 0) is 16.7 Å². The Hall–Kier alpha value is -2.33. The molecule has 2 aromatic carbocycles. The Morgan fingerprint density at radius 1 is 1.00 bits per heavy atom. The van der Waals surface area contributed by atoms with Gasteiger partial charge in [-0.3, -0.25) is 0 Å². The highest BCUT2D eigenvalue weighted by molar-refractivity contribution is 5.74. The molecule has 0 aliphatic carbocycles. The van der Waals surface area contributed by atoms with Crippen LogP contribution in [0.5, 0.6) is 0 Å². The number of ether oxygens (including phenoxy) is 1. The first kappa shape index (κ1) is 17.5. The van der Waals surface area contributed by atoms with Crippen molar-refractivity contribution >= 4 is 6.03 Å². The first-order valence-electron chi connectivity index (χ1n) is 8.89. The van der Waals surface area contributed by atoms with Gasteiger partial charge in [0.15, 0.2) is 0 Å². The maximum absolute atomic E-state index is 12.3. The lowest BCUT2D eigenvalue weighted by Gasteiger charge is -2.38. The summed E-state index contributed by atoms with van der Waals surface area (Å²) in [5.74, 6) is 0. The van der Waals surface area contributed by atoms with Gasteiger partial charge in [0, 0.05) is 31.7 Å². The molecule has 25 heavy (non-hydrogen) atoms. The van der Waals surface area contributed by atoms with E-state index in [-0.39, 0.29) is 11.4 Å². The second-order valence-electron chi connectivity index (χ2n) is 6.72. The molecule has 0 bridgehead atoms. The van der Waals surface area contributed by atoms with Crippen molar-refractivity contribution in [1.82, 2.24) is 10.6 Å².